The molecule has 6 nitrogen and oxygen atoms in total. The van der Waals surface area contributed by atoms with E-state index in [1.807, 2.05) is 60.0 Å². The summed E-state index contributed by atoms with van der Waals surface area (Å²) in [6.45, 7) is 1.18. The van der Waals surface area contributed by atoms with E-state index in [0.29, 0.717) is 5.56 Å². The van der Waals surface area contributed by atoms with E-state index in [0.717, 1.165) is 43.7 Å². The Bertz CT molecular complexity index is 1740. The number of rotatable bonds is 7. The molecular formula is C30H26N2O4S2. The molecule has 0 saturated carbocycles. The molecule has 0 radical (unpaired) electrons. The third-order valence-electron chi connectivity index (χ3n) is 6.40. The number of nitrogens with zero attached hydrogens (tertiary/aromatic N) is 2. The Labute approximate surface area is 225 Å². The van der Waals surface area contributed by atoms with Crippen LogP contribution in [0.15, 0.2) is 95.5 Å². The Hall–Kier alpha value is -3.69. The maximum Gasteiger partial charge on any atom is 0.175 e. The fraction of sp³-hybridized carbons (Fsp3) is 0.133. The molecule has 5 aromatic rings. The van der Waals surface area contributed by atoms with Gasteiger partial charge in [-0.1, -0.05) is 36.4 Å². The molecule has 0 aliphatic carbocycles. The zero-order chi connectivity index (χ0) is 26.9. The highest BCUT2D eigenvalue weighted by Crippen LogP contribution is 2.34. The molecule has 5 rings (SSSR count). The third kappa shape index (κ3) is 5.30. The highest BCUT2D eigenvalue weighted by atomic mass is 32.2. The van der Waals surface area contributed by atoms with Crippen LogP contribution in [0.1, 0.15) is 28.6 Å². The summed E-state index contributed by atoms with van der Waals surface area (Å²) >= 11 is 1.51. The third-order valence-corrected chi connectivity index (χ3v) is 8.33. The number of thiazole rings is 1. The first kappa shape index (κ1) is 25.9. The number of aliphatic hydroxyl groups excluding tert-OH is 1. The maximum atomic E-state index is 11.9. The lowest BCUT2D eigenvalue weighted by Crippen LogP contribution is -2.25. The lowest BCUT2D eigenvalue weighted by Gasteiger charge is -2.22. The minimum atomic E-state index is -3.30. The van der Waals surface area contributed by atoms with E-state index in [-0.39, 0.29) is 4.90 Å². The molecule has 0 amide bonds. The van der Waals surface area contributed by atoms with Crippen molar-refractivity contribution in [3.05, 3.63) is 112 Å². The number of benzene rings is 3. The van der Waals surface area contributed by atoms with Gasteiger partial charge in [0.25, 0.3) is 0 Å². The van der Waals surface area contributed by atoms with Crippen LogP contribution in [0.4, 0.5) is 0 Å². The van der Waals surface area contributed by atoms with Crippen molar-refractivity contribution < 1.29 is 18.6 Å². The van der Waals surface area contributed by atoms with Crippen LogP contribution in [0.3, 0.4) is 0 Å². The quantitative estimate of drug-likeness (QED) is 0.262. The number of aliphatic hydroxyl groups is 2. The molecule has 0 spiro atoms. The smallest absolute Gasteiger partial charge is 0.175 e. The largest absolute Gasteiger partial charge is 0.393 e. The van der Waals surface area contributed by atoms with E-state index in [4.69, 9.17) is 0 Å². The zero-order valence-corrected chi connectivity index (χ0v) is 22.5. The van der Waals surface area contributed by atoms with Crippen LogP contribution in [0.5, 0.6) is 0 Å². The van der Waals surface area contributed by atoms with Crippen molar-refractivity contribution in [3.63, 3.8) is 0 Å². The topological polar surface area (TPSA) is 100 Å². The Morgan fingerprint density at radius 2 is 1.79 bits per heavy atom. The summed E-state index contributed by atoms with van der Waals surface area (Å²) in [5.41, 5.74) is 4.39. The first-order chi connectivity index (χ1) is 18.2. The summed E-state index contributed by atoms with van der Waals surface area (Å²) in [5, 5.41) is 24.1. The van der Waals surface area contributed by atoms with Crippen molar-refractivity contribution in [2.24, 2.45) is 0 Å². The van der Waals surface area contributed by atoms with Crippen LogP contribution in [-0.2, 0) is 15.4 Å². The first-order valence-electron chi connectivity index (χ1n) is 11.9. The average molecular weight is 543 g/mol. The van der Waals surface area contributed by atoms with Crippen molar-refractivity contribution in [3.8, 4) is 11.1 Å². The fourth-order valence-electron chi connectivity index (χ4n) is 4.28. The molecule has 2 N–H and O–H groups in total. The highest BCUT2D eigenvalue weighted by Gasteiger charge is 2.24. The second kappa shape index (κ2) is 10.2. The van der Waals surface area contributed by atoms with E-state index >= 15 is 0 Å². The summed E-state index contributed by atoms with van der Waals surface area (Å²) < 4.78 is 23.9. The van der Waals surface area contributed by atoms with Crippen LogP contribution in [0, 0.1) is 0 Å². The molecule has 2 heterocycles. The van der Waals surface area contributed by atoms with Gasteiger partial charge in [0.15, 0.2) is 9.84 Å². The minimum Gasteiger partial charge on any atom is -0.393 e. The molecule has 0 aliphatic heterocycles. The van der Waals surface area contributed by atoms with Crippen LogP contribution in [0.2, 0.25) is 0 Å². The predicted molar refractivity (Wildman–Crippen MR) is 152 cm³/mol. The van der Waals surface area contributed by atoms with Gasteiger partial charge in [0.05, 0.1) is 17.0 Å². The Kier molecular flexibility index (Phi) is 6.98. The zero-order valence-electron chi connectivity index (χ0n) is 20.9. The van der Waals surface area contributed by atoms with Gasteiger partial charge in [-0.15, -0.1) is 11.3 Å². The van der Waals surface area contributed by atoms with Crippen LogP contribution in [-0.4, -0.2) is 41.5 Å². The Balaban J connectivity index is 1.64. The molecule has 0 bridgehead atoms. The standard InChI is InChI=1S/C30H26N2O4S2/c1-30(34,19-33)24-17-23-7-4-12-31-28(23)26(18-24)22-6-3-5-20(15-22)16-27(29-32-13-14-37-29)21-8-10-25(11-9-21)38(2,35)36/h3-18,33-34H,19H2,1-2H3. The van der Waals surface area contributed by atoms with Crippen molar-refractivity contribution in [1.29, 1.82) is 0 Å². The van der Waals surface area contributed by atoms with Gasteiger partial charge in [0.1, 0.15) is 10.6 Å². The van der Waals surface area contributed by atoms with Gasteiger partial charge in [-0.05, 0) is 71.7 Å². The van der Waals surface area contributed by atoms with E-state index in [1.165, 1.54) is 17.6 Å². The molecule has 1 unspecified atom stereocenters. The second-order valence-electron chi connectivity index (χ2n) is 9.35. The van der Waals surface area contributed by atoms with Crippen LogP contribution < -0.4 is 0 Å². The van der Waals surface area contributed by atoms with Crippen molar-refractivity contribution >= 4 is 43.7 Å². The number of fused-ring (bicyclic) bond motifs is 1. The molecule has 192 valence electrons. The number of hydrogen-bond donors (Lipinski definition) is 2. The van der Waals surface area contributed by atoms with Gasteiger partial charge < -0.3 is 10.2 Å². The molecule has 8 heteroatoms. The van der Waals surface area contributed by atoms with E-state index in [2.05, 4.69) is 9.97 Å². The van der Waals surface area contributed by atoms with Gasteiger partial charge >= 0.3 is 0 Å². The summed E-state index contributed by atoms with van der Waals surface area (Å²) in [7, 11) is -3.30. The molecule has 3 aromatic carbocycles. The Morgan fingerprint density at radius 1 is 1.00 bits per heavy atom. The fourth-order valence-corrected chi connectivity index (χ4v) is 5.59. The van der Waals surface area contributed by atoms with Gasteiger partial charge in [0.2, 0.25) is 0 Å². The average Bonchev–Trinajstić information content (AvgIpc) is 3.45. The molecular weight excluding hydrogens is 516 g/mol. The molecule has 2 aromatic heterocycles. The first-order valence-corrected chi connectivity index (χ1v) is 14.7. The Morgan fingerprint density at radius 3 is 2.47 bits per heavy atom. The summed E-state index contributed by atoms with van der Waals surface area (Å²) in [6, 6.07) is 22.3. The van der Waals surface area contributed by atoms with Crippen molar-refractivity contribution in [2.75, 3.05) is 12.9 Å². The molecule has 0 aliphatic rings. The molecule has 1 atom stereocenters. The van der Waals surface area contributed by atoms with Crippen LogP contribution >= 0.6 is 11.3 Å². The number of aromatic nitrogens is 2. The van der Waals surface area contributed by atoms with Gasteiger partial charge in [-0.25, -0.2) is 13.4 Å². The van der Waals surface area contributed by atoms with Gasteiger partial charge in [-0.2, -0.15) is 0 Å². The van der Waals surface area contributed by atoms with Crippen molar-refractivity contribution in [1.82, 2.24) is 9.97 Å². The lowest BCUT2D eigenvalue weighted by molar-refractivity contribution is -0.00214. The van der Waals surface area contributed by atoms with Crippen molar-refractivity contribution in [2.45, 2.75) is 17.4 Å². The second-order valence-corrected chi connectivity index (χ2v) is 12.3. The molecule has 0 saturated heterocycles. The van der Waals surface area contributed by atoms with E-state index in [9.17, 15) is 18.6 Å². The molecule has 0 fully saturated rings. The summed E-state index contributed by atoms with van der Waals surface area (Å²) in [6.07, 6.45) is 6.70. The van der Waals surface area contributed by atoms with E-state index in [1.54, 1.807) is 43.6 Å². The predicted octanol–water partition coefficient (Wildman–Crippen LogP) is 5.55. The van der Waals surface area contributed by atoms with Crippen LogP contribution in [0.25, 0.3) is 33.7 Å². The normalized spacial score (nSPS) is 13.9. The number of pyridine rings is 1. The van der Waals surface area contributed by atoms with Gasteiger partial charge in [0, 0.05) is 40.6 Å². The maximum absolute atomic E-state index is 11.9. The lowest BCUT2D eigenvalue weighted by atomic mass is 9.90. The minimum absolute atomic E-state index is 0.264. The monoisotopic (exact) mass is 542 g/mol. The van der Waals surface area contributed by atoms with E-state index < -0.39 is 22.0 Å². The summed E-state index contributed by atoms with van der Waals surface area (Å²) in [5.74, 6) is 0. The molecule has 38 heavy (non-hydrogen) atoms. The summed E-state index contributed by atoms with van der Waals surface area (Å²) in [4.78, 5) is 9.36. The highest BCUT2D eigenvalue weighted by molar-refractivity contribution is 7.90. The number of hydrogen-bond acceptors (Lipinski definition) is 7. The number of sulfone groups is 1. The SMILES string of the molecule is CC(O)(CO)c1cc(-c2cccc(C=C(c3ccc(S(C)(=O)=O)cc3)c3nccs3)c2)c2ncccc2c1. The van der Waals surface area contributed by atoms with Gasteiger partial charge in [-0.3, -0.25) is 4.98 Å².